The van der Waals surface area contributed by atoms with Crippen LogP contribution in [0, 0.1) is 5.92 Å². The molecule has 2 amide bonds. The van der Waals surface area contributed by atoms with E-state index in [9.17, 15) is 4.79 Å². The third kappa shape index (κ3) is 7.86. The molecule has 0 unspecified atom stereocenters. The summed E-state index contributed by atoms with van der Waals surface area (Å²) in [5, 5.41) is 5.85. The number of hydrogen-bond donors (Lipinski definition) is 2. The van der Waals surface area contributed by atoms with Gasteiger partial charge in [0, 0.05) is 25.9 Å². The molecule has 0 aromatic heterocycles. The molecule has 1 atom stereocenters. The Labute approximate surface area is 150 Å². The lowest BCUT2D eigenvalue weighted by molar-refractivity contribution is 0.0617. The Morgan fingerprint density at radius 3 is 2.84 bits per heavy atom. The minimum Gasteiger partial charge on any atom is -0.382 e. The van der Waals surface area contributed by atoms with E-state index < -0.39 is 0 Å². The van der Waals surface area contributed by atoms with Crippen LogP contribution in [0.15, 0.2) is 24.3 Å². The number of rotatable bonds is 10. The zero-order valence-electron chi connectivity index (χ0n) is 15.4. The summed E-state index contributed by atoms with van der Waals surface area (Å²) in [6.45, 7) is 7.94. The average molecular weight is 349 g/mol. The maximum absolute atomic E-state index is 12.1. The molecule has 1 aliphatic rings. The van der Waals surface area contributed by atoms with E-state index in [0.29, 0.717) is 32.3 Å². The van der Waals surface area contributed by atoms with Crippen LogP contribution in [0.25, 0.3) is 0 Å². The van der Waals surface area contributed by atoms with Crippen molar-refractivity contribution in [3.8, 4) is 0 Å². The van der Waals surface area contributed by atoms with Gasteiger partial charge in [0.05, 0.1) is 19.8 Å². The number of carbonyl (C=O) groups excluding carboxylic acids is 1. The quantitative estimate of drug-likeness (QED) is 0.638. The van der Waals surface area contributed by atoms with Crippen LogP contribution in [0.2, 0.25) is 0 Å². The van der Waals surface area contributed by atoms with Gasteiger partial charge in [-0.3, -0.25) is 0 Å². The van der Waals surface area contributed by atoms with Crippen molar-refractivity contribution < 1.29 is 14.3 Å². The monoisotopic (exact) mass is 349 g/mol. The van der Waals surface area contributed by atoms with Gasteiger partial charge >= 0.3 is 6.03 Å². The molecule has 0 radical (unpaired) electrons. The van der Waals surface area contributed by atoms with Crippen LogP contribution in [0.3, 0.4) is 0 Å². The standard InChI is InChI=1S/C19H31N3O3/c1-16(14-22-8-3-4-9-22)13-20-19(23)21-18-7-5-6-17(12-18)15-25-11-10-24-2/h5-7,12,16H,3-4,8-11,13-15H2,1-2H3,(H2,20,21,23)/t16-/m0/s1. The second-order valence-corrected chi connectivity index (χ2v) is 6.69. The number of likely N-dealkylation sites (tertiary alicyclic amines) is 1. The highest BCUT2D eigenvalue weighted by atomic mass is 16.5. The lowest BCUT2D eigenvalue weighted by Crippen LogP contribution is -2.36. The fourth-order valence-corrected chi connectivity index (χ4v) is 2.98. The van der Waals surface area contributed by atoms with E-state index in [2.05, 4.69) is 22.5 Å². The third-order valence-corrected chi connectivity index (χ3v) is 4.27. The van der Waals surface area contributed by atoms with Crippen LogP contribution < -0.4 is 10.6 Å². The van der Waals surface area contributed by atoms with Gasteiger partial charge in [0.25, 0.3) is 0 Å². The molecular formula is C19H31N3O3. The highest BCUT2D eigenvalue weighted by molar-refractivity contribution is 5.89. The maximum atomic E-state index is 12.1. The summed E-state index contributed by atoms with van der Waals surface area (Å²) >= 11 is 0. The number of benzene rings is 1. The van der Waals surface area contributed by atoms with E-state index in [1.54, 1.807) is 7.11 Å². The zero-order valence-corrected chi connectivity index (χ0v) is 15.4. The summed E-state index contributed by atoms with van der Waals surface area (Å²) in [5.41, 5.74) is 1.80. The van der Waals surface area contributed by atoms with Crippen LogP contribution in [0.1, 0.15) is 25.3 Å². The molecule has 1 heterocycles. The van der Waals surface area contributed by atoms with Crippen molar-refractivity contribution in [2.24, 2.45) is 5.92 Å². The zero-order chi connectivity index (χ0) is 17.9. The predicted molar refractivity (Wildman–Crippen MR) is 99.8 cm³/mol. The molecule has 1 fully saturated rings. The molecule has 1 aromatic rings. The Balaban J connectivity index is 1.68. The number of nitrogens with zero attached hydrogens (tertiary/aromatic N) is 1. The van der Waals surface area contributed by atoms with Crippen LogP contribution in [0.5, 0.6) is 0 Å². The number of methoxy groups -OCH3 is 1. The number of hydrogen-bond acceptors (Lipinski definition) is 4. The number of nitrogens with one attached hydrogen (secondary N) is 2. The maximum Gasteiger partial charge on any atom is 0.319 e. The van der Waals surface area contributed by atoms with Gasteiger partial charge < -0.3 is 25.0 Å². The van der Waals surface area contributed by atoms with E-state index in [1.807, 2.05) is 24.3 Å². The smallest absolute Gasteiger partial charge is 0.319 e. The molecule has 6 heteroatoms. The number of amides is 2. The second-order valence-electron chi connectivity index (χ2n) is 6.69. The summed E-state index contributed by atoms with van der Waals surface area (Å²) in [6.07, 6.45) is 2.60. The molecule has 1 aliphatic heterocycles. The van der Waals surface area contributed by atoms with Crippen molar-refractivity contribution in [2.75, 3.05) is 51.8 Å². The van der Waals surface area contributed by atoms with E-state index in [0.717, 1.165) is 17.8 Å². The number of urea groups is 1. The van der Waals surface area contributed by atoms with Crippen LogP contribution in [-0.2, 0) is 16.1 Å². The van der Waals surface area contributed by atoms with Crippen molar-refractivity contribution in [3.63, 3.8) is 0 Å². The van der Waals surface area contributed by atoms with E-state index in [-0.39, 0.29) is 6.03 Å². The topological polar surface area (TPSA) is 62.8 Å². The van der Waals surface area contributed by atoms with E-state index in [1.165, 1.54) is 25.9 Å². The van der Waals surface area contributed by atoms with Crippen molar-refractivity contribution in [3.05, 3.63) is 29.8 Å². The summed E-state index contributed by atoms with van der Waals surface area (Å²) < 4.78 is 10.5. The summed E-state index contributed by atoms with van der Waals surface area (Å²) in [4.78, 5) is 14.6. The van der Waals surface area contributed by atoms with Gasteiger partial charge in [-0.1, -0.05) is 19.1 Å². The minimum absolute atomic E-state index is 0.161. The SMILES string of the molecule is COCCOCc1cccc(NC(=O)NC[C@H](C)CN2CCCC2)c1. The van der Waals surface area contributed by atoms with Crippen molar-refractivity contribution in [1.29, 1.82) is 0 Å². The van der Waals surface area contributed by atoms with Crippen LogP contribution in [-0.4, -0.2) is 57.4 Å². The first kappa shape index (κ1) is 19.7. The first-order valence-corrected chi connectivity index (χ1v) is 9.10. The molecule has 2 N–H and O–H groups in total. The second kappa shape index (κ2) is 11.1. The highest BCUT2D eigenvalue weighted by Crippen LogP contribution is 2.12. The Kier molecular flexibility index (Phi) is 8.72. The van der Waals surface area contributed by atoms with Gasteiger partial charge in [0.2, 0.25) is 0 Å². The van der Waals surface area contributed by atoms with Crippen molar-refractivity contribution >= 4 is 11.7 Å². The molecule has 0 saturated carbocycles. The number of anilines is 1. The van der Waals surface area contributed by atoms with Crippen molar-refractivity contribution in [2.45, 2.75) is 26.4 Å². The largest absolute Gasteiger partial charge is 0.382 e. The normalized spacial score (nSPS) is 15.9. The summed E-state index contributed by atoms with van der Waals surface area (Å²) in [7, 11) is 1.65. The molecule has 2 rings (SSSR count). The highest BCUT2D eigenvalue weighted by Gasteiger charge is 2.15. The van der Waals surface area contributed by atoms with Crippen molar-refractivity contribution in [1.82, 2.24) is 10.2 Å². The lowest BCUT2D eigenvalue weighted by Gasteiger charge is -2.20. The predicted octanol–water partition coefficient (Wildman–Crippen LogP) is 2.70. The number of ether oxygens (including phenoxy) is 2. The first-order chi connectivity index (χ1) is 12.2. The third-order valence-electron chi connectivity index (χ3n) is 4.27. The van der Waals surface area contributed by atoms with Gasteiger partial charge in [0.1, 0.15) is 0 Å². The fourth-order valence-electron chi connectivity index (χ4n) is 2.98. The Hall–Kier alpha value is -1.63. The Bertz CT molecular complexity index is 518. The Morgan fingerprint density at radius 1 is 1.28 bits per heavy atom. The summed E-state index contributed by atoms with van der Waals surface area (Å²) in [6, 6.07) is 7.55. The van der Waals surface area contributed by atoms with Gasteiger partial charge in [-0.25, -0.2) is 4.79 Å². The molecule has 0 bridgehead atoms. The van der Waals surface area contributed by atoms with Gasteiger partial charge in [-0.05, 0) is 49.5 Å². The molecule has 6 nitrogen and oxygen atoms in total. The first-order valence-electron chi connectivity index (χ1n) is 9.10. The van der Waals surface area contributed by atoms with E-state index in [4.69, 9.17) is 9.47 Å². The average Bonchev–Trinajstić information content (AvgIpc) is 3.10. The van der Waals surface area contributed by atoms with Gasteiger partial charge in [-0.2, -0.15) is 0 Å². The summed E-state index contributed by atoms with van der Waals surface area (Å²) in [5.74, 6) is 0.448. The minimum atomic E-state index is -0.161. The molecule has 1 saturated heterocycles. The van der Waals surface area contributed by atoms with Crippen LogP contribution >= 0.6 is 0 Å². The van der Waals surface area contributed by atoms with Crippen LogP contribution in [0.4, 0.5) is 10.5 Å². The lowest BCUT2D eigenvalue weighted by atomic mass is 10.1. The van der Waals surface area contributed by atoms with E-state index >= 15 is 0 Å². The molecule has 25 heavy (non-hydrogen) atoms. The van der Waals surface area contributed by atoms with Gasteiger partial charge in [0.15, 0.2) is 0 Å². The fraction of sp³-hybridized carbons (Fsp3) is 0.632. The molecule has 1 aromatic carbocycles. The van der Waals surface area contributed by atoms with Gasteiger partial charge in [-0.15, -0.1) is 0 Å². The molecule has 0 aliphatic carbocycles. The molecular weight excluding hydrogens is 318 g/mol. The Morgan fingerprint density at radius 2 is 2.08 bits per heavy atom. The molecule has 140 valence electrons. The number of carbonyl (C=O) groups is 1. The molecule has 0 spiro atoms.